The number of rotatable bonds is 15. The summed E-state index contributed by atoms with van der Waals surface area (Å²) in [6.07, 6.45) is 10.4. The normalized spacial score (nSPS) is 35.6. The molecule has 0 aromatic heterocycles. The molecule has 2 aliphatic heterocycles. The van der Waals surface area contributed by atoms with Crippen LogP contribution in [-0.2, 0) is 23.8 Å². The molecule has 5 unspecified atom stereocenters. The lowest BCUT2D eigenvalue weighted by atomic mass is 9.63. The average molecular weight is 697 g/mol. The minimum absolute atomic E-state index is 0.000895. The van der Waals surface area contributed by atoms with Crippen LogP contribution in [0.25, 0.3) is 0 Å². The van der Waals surface area contributed by atoms with E-state index in [9.17, 15) is 19.6 Å². The van der Waals surface area contributed by atoms with Crippen LogP contribution < -0.4 is 21.5 Å². The number of carbonyl (C=O) groups is 2. The predicted octanol–water partition coefficient (Wildman–Crippen LogP) is 1.56. The lowest BCUT2D eigenvalue weighted by Gasteiger charge is -2.44. The zero-order chi connectivity index (χ0) is 34.0. The van der Waals surface area contributed by atoms with Crippen LogP contribution in [0.2, 0.25) is 5.82 Å². The van der Waals surface area contributed by atoms with Crippen LogP contribution in [0.3, 0.4) is 0 Å². The number of nitrogens with one attached hydrogen (secondary N) is 4. The van der Waals surface area contributed by atoms with E-state index in [1.165, 1.54) is 5.71 Å². The minimum atomic E-state index is -1.30. The Morgan fingerprint density at radius 1 is 0.938 bits per heavy atom. The standard InChI is InChI=1S/C33H58BClN6O7/c1-21-39-40-32-28(38-31(22-5-9-25(35)10-6-22)27-19-26(46-2)11-12-29(27)41(21)32)20-30(42)36-13-15-47-17-18-48-16-14-37-33(43)23-3-7-24(8-4-23)34(44)45/h21-29,32,39-40,44-45H,3-20H2,1-2H3,(H,36,42)(H,37,43)/t21?,22?,23?,24?,25?,26?,27?,28-,29?,32?/m0/s1. The van der Waals surface area contributed by atoms with Crippen molar-refractivity contribution in [2.24, 2.45) is 22.7 Å². The highest BCUT2D eigenvalue weighted by Gasteiger charge is 2.50. The average Bonchev–Trinajstić information content (AvgIpc) is 3.42. The molecule has 2 heterocycles. The number of methoxy groups -OCH3 is 1. The number of halogens is 1. The van der Waals surface area contributed by atoms with E-state index in [2.05, 4.69) is 33.3 Å². The molecule has 3 saturated carbocycles. The largest absolute Gasteiger partial charge is 0.454 e. The Morgan fingerprint density at radius 3 is 2.29 bits per heavy atom. The van der Waals surface area contributed by atoms with E-state index >= 15 is 0 Å². The van der Waals surface area contributed by atoms with E-state index in [4.69, 9.17) is 30.8 Å². The highest BCUT2D eigenvalue weighted by atomic mass is 35.5. The van der Waals surface area contributed by atoms with Gasteiger partial charge in [-0.3, -0.25) is 19.5 Å². The van der Waals surface area contributed by atoms with Crippen LogP contribution in [0.4, 0.5) is 0 Å². The molecule has 0 bridgehead atoms. The first-order valence-corrected chi connectivity index (χ1v) is 18.8. The van der Waals surface area contributed by atoms with E-state index in [1.54, 1.807) is 0 Å². The number of amides is 2. The lowest BCUT2D eigenvalue weighted by molar-refractivity contribution is -0.126. The summed E-state index contributed by atoms with van der Waals surface area (Å²) in [6, 6.07) is 0.135. The maximum atomic E-state index is 13.2. The van der Waals surface area contributed by atoms with E-state index < -0.39 is 7.12 Å². The van der Waals surface area contributed by atoms with Crippen LogP contribution in [0, 0.1) is 17.8 Å². The van der Waals surface area contributed by atoms with Gasteiger partial charge in [-0.25, -0.2) is 10.9 Å². The number of carbonyl (C=O) groups excluding carboxylic acids is 2. The topological polar surface area (TPSA) is 166 Å². The minimum Gasteiger partial charge on any atom is -0.427 e. The Balaban J connectivity index is 1.02. The maximum absolute atomic E-state index is 13.2. The van der Waals surface area contributed by atoms with Crippen molar-refractivity contribution in [3.05, 3.63) is 0 Å². The summed E-state index contributed by atoms with van der Waals surface area (Å²) in [4.78, 5) is 33.6. The molecule has 5 aliphatic rings. The van der Waals surface area contributed by atoms with Crippen molar-refractivity contribution in [2.45, 2.75) is 126 Å². The number of ether oxygens (including phenoxy) is 3. The van der Waals surface area contributed by atoms with Gasteiger partial charge in [-0.2, -0.15) is 0 Å². The molecule has 6 N–H and O–H groups in total. The first kappa shape index (κ1) is 37.9. The van der Waals surface area contributed by atoms with Gasteiger partial charge in [0.15, 0.2) is 0 Å². The molecule has 6 atom stereocenters. The van der Waals surface area contributed by atoms with Gasteiger partial charge < -0.3 is 34.9 Å². The summed E-state index contributed by atoms with van der Waals surface area (Å²) in [5.41, 5.74) is 8.18. The molecule has 13 nitrogen and oxygen atoms in total. The van der Waals surface area contributed by atoms with Crippen molar-refractivity contribution >= 4 is 36.2 Å². The van der Waals surface area contributed by atoms with Gasteiger partial charge in [0.05, 0.1) is 57.3 Å². The van der Waals surface area contributed by atoms with E-state index in [0.29, 0.717) is 89.5 Å². The van der Waals surface area contributed by atoms with Gasteiger partial charge in [-0.1, -0.05) is 12.8 Å². The highest BCUT2D eigenvalue weighted by Crippen LogP contribution is 2.42. The molecule has 0 radical (unpaired) electrons. The zero-order valence-electron chi connectivity index (χ0n) is 28.8. The fourth-order valence-corrected chi connectivity index (χ4v) is 8.83. The molecule has 272 valence electrons. The Labute approximate surface area is 291 Å². The van der Waals surface area contributed by atoms with Crippen LogP contribution in [0.5, 0.6) is 0 Å². The van der Waals surface area contributed by atoms with Crippen molar-refractivity contribution in [2.75, 3.05) is 46.6 Å². The molecule has 4 fully saturated rings. The second-order valence-electron chi connectivity index (χ2n) is 14.4. The van der Waals surface area contributed by atoms with Gasteiger partial charge in [0, 0.05) is 49.2 Å². The van der Waals surface area contributed by atoms with Gasteiger partial charge in [-0.05, 0) is 76.4 Å². The summed E-state index contributed by atoms with van der Waals surface area (Å²) in [7, 11) is 0.518. The summed E-state index contributed by atoms with van der Waals surface area (Å²) in [6.45, 7) is 4.58. The molecule has 0 aromatic rings. The molecule has 2 amide bonds. The van der Waals surface area contributed by atoms with Gasteiger partial charge >= 0.3 is 7.12 Å². The molecular formula is C33H58BClN6O7. The van der Waals surface area contributed by atoms with Crippen molar-refractivity contribution in [3.8, 4) is 0 Å². The number of hydrogen-bond acceptors (Lipinski definition) is 11. The third-order valence-corrected chi connectivity index (χ3v) is 11.7. The fourth-order valence-electron chi connectivity index (χ4n) is 8.58. The van der Waals surface area contributed by atoms with Crippen molar-refractivity contribution < 1.29 is 33.8 Å². The number of alkyl halides is 1. The molecule has 5 rings (SSSR count). The van der Waals surface area contributed by atoms with Crippen molar-refractivity contribution in [1.82, 2.24) is 26.4 Å². The second-order valence-corrected chi connectivity index (χ2v) is 15.0. The van der Waals surface area contributed by atoms with Crippen molar-refractivity contribution in [3.63, 3.8) is 0 Å². The SMILES string of the molecule is COC1CCC2C(C1)C(C1CCC(Cl)CC1)=N[C@@H](CC(=O)NCCOCCOCCNC(=O)C1CCC(B(O)O)CC1)C1NNC(C)N21. The van der Waals surface area contributed by atoms with Crippen LogP contribution >= 0.6 is 11.6 Å². The first-order valence-electron chi connectivity index (χ1n) is 18.3. The van der Waals surface area contributed by atoms with E-state index in [-0.39, 0.29) is 53.4 Å². The van der Waals surface area contributed by atoms with Crippen molar-refractivity contribution in [1.29, 1.82) is 0 Å². The van der Waals surface area contributed by atoms with E-state index in [0.717, 1.165) is 44.9 Å². The van der Waals surface area contributed by atoms with E-state index in [1.807, 2.05) is 7.11 Å². The van der Waals surface area contributed by atoms with Crippen LogP contribution in [0.15, 0.2) is 4.99 Å². The number of hydrazine groups is 1. The summed E-state index contributed by atoms with van der Waals surface area (Å²) in [5.74, 6) is 0.461. The molecule has 0 spiro atoms. The Hall–Kier alpha value is -1.36. The van der Waals surface area contributed by atoms with Crippen LogP contribution in [-0.4, -0.2) is 122 Å². The third kappa shape index (κ3) is 10.1. The zero-order valence-corrected chi connectivity index (χ0v) is 29.5. The van der Waals surface area contributed by atoms with Gasteiger partial charge in [-0.15, -0.1) is 11.6 Å². The van der Waals surface area contributed by atoms with Gasteiger partial charge in [0.1, 0.15) is 0 Å². The Bertz CT molecular complexity index is 1060. The number of fused-ring (bicyclic) bond motifs is 3. The summed E-state index contributed by atoms with van der Waals surface area (Å²) >= 11 is 6.50. The molecule has 0 aromatic carbocycles. The predicted molar refractivity (Wildman–Crippen MR) is 184 cm³/mol. The van der Waals surface area contributed by atoms with Gasteiger partial charge in [0.2, 0.25) is 11.8 Å². The second kappa shape index (κ2) is 18.8. The summed E-state index contributed by atoms with van der Waals surface area (Å²) < 4.78 is 17.1. The fraction of sp³-hybridized carbons (Fsp3) is 0.909. The number of aliphatic imine (C=N–C) groups is 1. The first-order chi connectivity index (χ1) is 23.2. The Kier molecular flexibility index (Phi) is 14.8. The Morgan fingerprint density at radius 2 is 1.62 bits per heavy atom. The van der Waals surface area contributed by atoms with Gasteiger partial charge in [0.25, 0.3) is 0 Å². The molecular weight excluding hydrogens is 639 g/mol. The monoisotopic (exact) mass is 696 g/mol. The maximum Gasteiger partial charge on any atom is 0.454 e. The van der Waals surface area contributed by atoms with Crippen LogP contribution in [0.1, 0.15) is 84.0 Å². The molecule has 1 saturated heterocycles. The molecule has 15 heteroatoms. The smallest absolute Gasteiger partial charge is 0.427 e. The molecule has 48 heavy (non-hydrogen) atoms. The third-order valence-electron chi connectivity index (χ3n) is 11.3. The summed E-state index contributed by atoms with van der Waals surface area (Å²) in [5, 5.41) is 24.8. The molecule has 3 aliphatic carbocycles. The highest BCUT2D eigenvalue weighted by molar-refractivity contribution is 6.43. The quantitative estimate of drug-likeness (QED) is 0.0841. The lowest BCUT2D eigenvalue weighted by Crippen LogP contribution is -2.55. The number of hydrogen-bond donors (Lipinski definition) is 6. The number of nitrogens with zero attached hydrogens (tertiary/aromatic N) is 2.